The molecule has 17 heavy (non-hydrogen) atoms. The molecule has 0 amide bonds. The number of halogens is 1. The van der Waals surface area contributed by atoms with Crippen LogP contribution in [-0.4, -0.2) is 36.1 Å². The molecule has 0 saturated heterocycles. The van der Waals surface area contributed by atoms with Gasteiger partial charge in [0.15, 0.2) is 0 Å². The largest absolute Gasteiger partial charge is 0.475 e. The Balaban J connectivity index is 2.55. The van der Waals surface area contributed by atoms with Crippen molar-refractivity contribution in [2.75, 3.05) is 32.0 Å². The number of nitrogens with two attached hydrogens (primary N) is 1. The third-order valence-electron chi connectivity index (χ3n) is 2.81. The number of pyridine rings is 1. The molecule has 0 spiro atoms. The maximum Gasteiger partial charge on any atom is 0.228 e. The zero-order chi connectivity index (χ0) is 12.8. The van der Waals surface area contributed by atoms with Gasteiger partial charge < -0.3 is 15.4 Å². The maximum atomic E-state index is 5.75. The quantitative estimate of drug-likeness (QED) is 0.877. The van der Waals surface area contributed by atoms with Crippen molar-refractivity contribution >= 4 is 21.6 Å². The summed E-state index contributed by atoms with van der Waals surface area (Å²) < 4.78 is 6.50. The fraction of sp³-hybridized carbons (Fsp3) is 0.583. The molecule has 1 rings (SSSR count). The third-order valence-corrected chi connectivity index (χ3v) is 3.75. The third kappa shape index (κ3) is 3.85. The van der Waals surface area contributed by atoms with E-state index in [0.29, 0.717) is 18.2 Å². The molecular weight excluding hydrogens is 282 g/mol. The van der Waals surface area contributed by atoms with Crippen molar-refractivity contribution in [1.29, 1.82) is 0 Å². The summed E-state index contributed by atoms with van der Waals surface area (Å²) in [6.45, 7) is 9.85. The van der Waals surface area contributed by atoms with Gasteiger partial charge >= 0.3 is 0 Å². The highest BCUT2D eigenvalue weighted by molar-refractivity contribution is 9.10. The Morgan fingerprint density at radius 3 is 2.65 bits per heavy atom. The highest BCUT2D eigenvalue weighted by Crippen LogP contribution is 2.29. The molecule has 0 atom stereocenters. The molecule has 0 aliphatic carbocycles. The zero-order valence-electron chi connectivity index (χ0n) is 10.7. The lowest BCUT2D eigenvalue weighted by atomic mass is 10.2. The van der Waals surface area contributed by atoms with E-state index in [1.54, 1.807) is 6.20 Å². The summed E-state index contributed by atoms with van der Waals surface area (Å²) in [5, 5.41) is 0. The highest BCUT2D eigenvalue weighted by Gasteiger charge is 2.09. The Bertz CT molecular complexity index is 367. The van der Waals surface area contributed by atoms with E-state index in [0.717, 1.165) is 29.7 Å². The van der Waals surface area contributed by atoms with Crippen LogP contribution in [0.2, 0.25) is 0 Å². The Morgan fingerprint density at radius 1 is 1.41 bits per heavy atom. The molecule has 0 aliphatic rings. The van der Waals surface area contributed by atoms with Gasteiger partial charge in [0, 0.05) is 6.54 Å². The number of hydrogen-bond donors (Lipinski definition) is 1. The van der Waals surface area contributed by atoms with Gasteiger partial charge in [0.2, 0.25) is 5.88 Å². The van der Waals surface area contributed by atoms with Gasteiger partial charge in [0.25, 0.3) is 0 Å². The van der Waals surface area contributed by atoms with Gasteiger partial charge in [0.05, 0.1) is 16.4 Å². The fourth-order valence-corrected chi connectivity index (χ4v) is 1.93. The summed E-state index contributed by atoms with van der Waals surface area (Å²) in [6, 6.07) is 0. The minimum atomic E-state index is 0.615. The second-order valence-electron chi connectivity index (χ2n) is 3.83. The lowest BCUT2D eigenvalue weighted by molar-refractivity contribution is 0.217. The number of rotatable bonds is 6. The number of nitrogen functional groups attached to an aromatic ring is 1. The molecule has 0 radical (unpaired) electrons. The average molecular weight is 302 g/mol. The first kappa shape index (κ1) is 14.3. The molecule has 0 bridgehead atoms. The van der Waals surface area contributed by atoms with Gasteiger partial charge in [0.1, 0.15) is 6.61 Å². The molecule has 1 aromatic rings. The van der Waals surface area contributed by atoms with E-state index in [1.165, 1.54) is 0 Å². The van der Waals surface area contributed by atoms with E-state index >= 15 is 0 Å². The topological polar surface area (TPSA) is 51.4 Å². The Labute approximate surface area is 111 Å². The van der Waals surface area contributed by atoms with Crippen LogP contribution in [0.25, 0.3) is 0 Å². The second-order valence-corrected chi connectivity index (χ2v) is 4.63. The minimum Gasteiger partial charge on any atom is -0.475 e. The van der Waals surface area contributed by atoms with Gasteiger partial charge in [-0.3, -0.25) is 0 Å². The summed E-state index contributed by atoms with van der Waals surface area (Å²) in [4.78, 5) is 6.48. The van der Waals surface area contributed by atoms with E-state index in [-0.39, 0.29) is 0 Å². The first-order valence-corrected chi connectivity index (χ1v) is 6.65. The van der Waals surface area contributed by atoms with Crippen LogP contribution in [0.3, 0.4) is 0 Å². The van der Waals surface area contributed by atoms with E-state index in [9.17, 15) is 0 Å². The van der Waals surface area contributed by atoms with Crippen molar-refractivity contribution in [3.05, 3.63) is 16.2 Å². The van der Waals surface area contributed by atoms with E-state index in [1.807, 2.05) is 6.92 Å². The van der Waals surface area contributed by atoms with Crippen LogP contribution < -0.4 is 10.5 Å². The van der Waals surface area contributed by atoms with Crippen molar-refractivity contribution in [1.82, 2.24) is 9.88 Å². The van der Waals surface area contributed by atoms with Crippen LogP contribution in [0.4, 0.5) is 5.69 Å². The minimum absolute atomic E-state index is 0.615. The summed E-state index contributed by atoms with van der Waals surface area (Å²) in [5.74, 6) is 0.615. The van der Waals surface area contributed by atoms with Crippen LogP contribution in [-0.2, 0) is 0 Å². The van der Waals surface area contributed by atoms with Crippen LogP contribution in [0.1, 0.15) is 19.4 Å². The second kappa shape index (κ2) is 6.81. The van der Waals surface area contributed by atoms with Gasteiger partial charge in [-0.05, 0) is 41.5 Å². The average Bonchev–Trinajstić information content (AvgIpc) is 2.34. The molecule has 1 aromatic heterocycles. The van der Waals surface area contributed by atoms with Crippen LogP contribution >= 0.6 is 15.9 Å². The van der Waals surface area contributed by atoms with Crippen LogP contribution in [0.15, 0.2) is 10.7 Å². The number of aromatic nitrogens is 1. The Kier molecular flexibility index (Phi) is 5.71. The zero-order valence-corrected chi connectivity index (χ0v) is 12.2. The van der Waals surface area contributed by atoms with E-state index in [2.05, 4.69) is 39.7 Å². The first-order chi connectivity index (χ1) is 8.10. The Hall–Kier alpha value is -0.810. The van der Waals surface area contributed by atoms with Crippen molar-refractivity contribution < 1.29 is 4.74 Å². The van der Waals surface area contributed by atoms with Crippen LogP contribution in [0.5, 0.6) is 5.88 Å². The molecule has 2 N–H and O–H groups in total. The molecule has 5 heteroatoms. The molecule has 4 nitrogen and oxygen atoms in total. The molecule has 96 valence electrons. The predicted octanol–water partition coefficient (Wildman–Crippen LogP) is 2.46. The molecule has 0 fully saturated rings. The smallest absolute Gasteiger partial charge is 0.228 e. The molecule has 0 aromatic carbocycles. The van der Waals surface area contributed by atoms with Crippen molar-refractivity contribution in [2.45, 2.75) is 20.8 Å². The molecule has 0 saturated carbocycles. The van der Waals surface area contributed by atoms with Gasteiger partial charge in [-0.2, -0.15) is 0 Å². The number of anilines is 1. The van der Waals surface area contributed by atoms with E-state index in [4.69, 9.17) is 10.5 Å². The van der Waals surface area contributed by atoms with Crippen molar-refractivity contribution in [3.63, 3.8) is 0 Å². The van der Waals surface area contributed by atoms with Crippen molar-refractivity contribution in [2.24, 2.45) is 0 Å². The van der Waals surface area contributed by atoms with Crippen molar-refractivity contribution in [3.8, 4) is 5.88 Å². The normalized spacial score (nSPS) is 10.9. The SMILES string of the molecule is CCN(CC)CCOc1ncc(N)c(C)c1Br. The van der Waals surface area contributed by atoms with Crippen LogP contribution in [0, 0.1) is 6.92 Å². The number of hydrogen-bond acceptors (Lipinski definition) is 4. The summed E-state index contributed by atoms with van der Waals surface area (Å²) >= 11 is 3.45. The number of nitrogens with zero attached hydrogens (tertiary/aromatic N) is 2. The number of ether oxygens (including phenoxy) is 1. The van der Waals surface area contributed by atoms with E-state index < -0.39 is 0 Å². The highest BCUT2D eigenvalue weighted by atomic mass is 79.9. The Morgan fingerprint density at radius 2 is 2.06 bits per heavy atom. The molecule has 1 heterocycles. The lowest BCUT2D eigenvalue weighted by Crippen LogP contribution is -2.28. The van der Waals surface area contributed by atoms with Gasteiger partial charge in [-0.1, -0.05) is 13.8 Å². The molecular formula is C12H20BrN3O. The first-order valence-electron chi connectivity index (χ1n) is 5.85. The van der Waals surface area contributed by atoms with Gasteiger partial charge in [-0.25, -0.2) is 4.98 Å². The summed E-state index contributed by atoms with van der Waals surface area (Å²) in [6.07, 6.45) is 1.63. The van der Waals surface area contributed by atoms with Gasteiger partial charge in [-0.15, -0.1) is 0 Å². The fourth-order valence-electron chi connectivity index (χ4n) is 1.48. The maximum absolute atomic E-state index is 5.75. The molecule has 0 unspecified atom stereocenters. The molecule has 0 aliphatic heterocycles. The number of likely N-dealkylation sites (N-methyl/N-ethyl adjacent to an activating group) is 1. The standard InChI is InChI=1S/C12H20BrN3O/c1-4-16(5-2)6-7-17-12-11(13)9(3)10(14)8-15-12/h8H,4-7,14H2,1-3H3. The summed E-state index contributed by atoms with van der Waals surface area (Å²) in [7, 11) is 0. The lowest BCUT2D eigenvalue weighted by Gasteiger charge is -2.18. The monoisotopic (exact) mass is 301 g/mol. The summed E-state index contributed by atoms with van der Waals surface area (Å²) in [5.41, 5.74) is 7.40. The predicted molar refractivity (Wildman–Crippen MR) is 74.4 cm³/mol.